The van der Waals surface area contributed by atoms with Crippen LogP contribution in [0, 0.1) is 5.92 Å². The Labute approximate surface area is 98.9 Å². The highest BCUT2D eigenvalue weighted by Crippen LogP contribution is 2.13. The maximum absolute atomic E-state index is 10.0. The molecule has 1 aromatic carbocycles. The molecule has 16 heavy (non-hydrogen) atoms. The quantitative estimate of drug-likeness (QED) is 0.798. The summed E-state index contributed by atoms with van der Waals surface area (Å²) in [6, 6.07) is 9.85. The van der Waals surface area contributed by atoms with E-state index in [1.807, 2.05) is 30.3 Å². The molecule has 0 spiro atoms. The maximum Gasteiger partial charge on any atom is 0.0916 e. The Bertz CT molecular complexity index is 284. The van der Waals surface area contributed by atoms with E-state index in [0.717, 1.165) is 18.0 Å². The van der Waals surface area contributed by atoms with Crippen LogP contribution in [0.15, 0.2) is 30.3 Å². The second kappa shape index (κ2) is 6.66. The van der Waals surface area contributed by atoms with E-state index in [0.29, 0.717) is 6.54 Å². The Morgan fingerprint density at radius 3 is 2.38 bits per heavy atom. The summed E-state index contributed by atoms with van der Waals surface area (Å²) < 4.78 is 0. The standard InChI is InChI=1S/C14H23NO/c1-12(2)9-10-15(3)11-14(16)13-7-5-4-6-8-13/h4-8,12,14,16H,9-11H2,1-3H3. The molecule has 0 amide bonds. The van der Waals surface area contributed by atoms with Crippen LogP contribution in [0.1, 0.15) is 31.9 Å². The van der Waals surface area contributed by atoms with Gasteiger partial charge in [-0.25, -0.2) is 0 Å². The molecule has 0 heterocycles. The van der Waals surface area contributed by atoms with Gasteiger partial charge in [0.1, 0.15) is 0 Å². The zero-order valence-corrected chi connectivity index (χ0v) is 10.6. The Balaban J connectivity index is 2.36. The second-order valence-corrected chi connectivity index (χ2v) is 4.87. The highest BCUT2D eigenvalue weighted by molar-refractivity contribution is 5.17. The molecular formula is C14H23NO. The molecule has 1 N–H and O–H groups in total. The predicted molar refractivity (Wildman–Crippen MR) is 68.4 cm³/mol. The van der Waals surface area contributed by atoms with Crippen molar-refractivity contribution in [3.63, 3.8) is 0 Å². The summed E-state index contributed by atoms with van der Waals surface area (Å²) in [5.74, 6) is 0.719. The van der Waals surface area contributed by atoms with E-state index >= 15 is 0 Å². The van der Waals surface area contributed by atoms with Crippen LogP contribution in [-0.2, 0) is 0 Å². The van der Waals surface area contributed by atoms with E-state index in [-0.39, 0.29) is 6.10 Å². The molecule has 0 saturated heterocycles. The van der Waals surface area contributed by atoms with Gasteiger partial charge in [-0.15, -0.1) is 0 Å². The number of rotatable bonds is 6. The molecule has 90 valence electrons. The van der Waals surface area contributed by atoms with Crippen molar-refractivity contribution >= 4 is 0 Å². The molecule has 1 rings (SSSR count). The first-order chi connectivity index (χ1) is 7.59. The summed E-state index contributed by atoms with van der Waals surface area (Å²) in [7, 11) is 2.06. The van der Waals surface area contributed by atoms with Gasteiger partial charge in [-0.3, -0.25) is 0 Å². The van der Waals surface area contributed by atoms with Gasteiger partial charge in [0.25, 0.3) is 0 Å². The van der Waals surface area contributed by atoms with Crippen molar-refractivity contribution in [1.82, 2.24) is 4.90 Å². The summed E-state index contributed by atoms with van der Waals surface area (Å²) in [5.41, 5.74) is 0.999. The highest BCUT2D eigenvalue weighted by Gasteiger charge is 2.10. The lowest BCUT2D eigenvalue weighted by molar-refractivity contribution is 0.124. The van der Waals surface area contributed by atoms with Crippen LogP contribution in [-0.4, -0.2) is 30.1 Å². The molecule has 0 radical (unpaired) electrons. The summed E-state index contributed by atoms with van der Waals surface area (Å²) in [6.07, 6.45) is 0.802. The first-order valence-electron chi connectivity index (χ1n) is 6.01. The zero-order chi connectivity index (χ0) is 12.0. The summed E-state index contributed by atoms with van der Waals surface area (Å²) >= 11 is 0. The Kier molecular flexibility index (Phi) is 5.50. The van der Waals surface area contributed by atoms with E-state index in [2.05, 4.69) is 25.8 Å². The first-order valence-corrected chi connectivity index (χ1v) is 6.01. The molecule has 0 fully saturated rings. The van der Waals surface area contributed by atoms with Crippen molar-refractivity contribution in [3.8, 4) is 0 Å². The van der Waals surface area contributed by atoms with E-state index in [9.17, 15) is 5.11 Å². The molecule has 0 aliphatic carbocycles. The lowest BCUT2D eigenvalue weighted by Gasteiger charge is -2.21. The Morgan fingerprint density at radius 1 is 1.19 bits per heavy atom. The fourth-order valence-corrected chi connectivity index (χ4v) is 1.65. The van der Waals surface area contributed by atoms with Crippen molar-refractivity contribution in [2.24, 2.45) is 5.92 Å². The fourth-order valence-electron chi connectivity index (χ4n) is 1.65. The third-order valence-corrected chi connectivity index (χ3v) is 2.76. The van der Waals surface area contributed by atoms with E-state index in [1.54, 1.807) is 0 Å². The van der Waals surface area contributed by atoms with Gasteiger partial charge in [0.15, 0.2) is 0 Å². The lowest BCUT2D eigenvalue weighted by atomic mass is 10.1. The van der Waals surface area contributed by atoms with Gasteiger partial charge in [-0.2, -0.15) is 0 Å². The molecule has 0 saturated carbocycles. The minimum Gasteiger partial charge on any atom is -0.387 e. The summed E-state index contributed by atoms with van der Waals surface area (Å²) in [5, 5.41) is 10.0. The minimum absolute atomic E-state index is 0.377. The largest absolute Gasteiger partial charge is 0.387 e. The van der Waals surface area contributed by atoms with Crippen LogP contribution < -0.4 is 0 Å². The summed E-state index contributed by atoms with van der Waals surface area (Å²) in [4.78, 5) is 2.19. The van der Waals surface area contributed by atoms with Gasteiger partial charge in [0.2, 0.25) is 0 Å². The van der Waals surface area contributed by atoms with Crippen LogP contribution in [0.25, 0.3) is 0 Å². The van der Waals surface area contributed by atoms with Gasteiger partial charge in [-0.05, 0) is 31.5 Å². The van der Waals surface area contributed by atoms with Crippen LogP contribution in [0.5, 0.6) is 0 Å². The second-order valence-electron chi connectivity index (χ2n) is 4.87. The fraction of sp³-hybridized carbons (Fsp3) is 0.571. The molecule has 0 bridgehead atoms. The van der Waals surface area contributed by atoms with Crippen molar-refractivity contribution < 1.29 is 5.11 Å². The van der Waals surface area contributed by atoms with Crippen LogP contribution in [0.2, 0.25) is 0 Å². The van der Waals surface area contributed by atoms with Gasteiger partial charge in [0, 0.05) is 6.54 Å². The minimum atomic E-state index is -0.377. The van der Waals surface area contributed by atoms with Crippen LogP contribution >= 0.6 is 0 Å². The number of benzene rings is 1. The number of nitrogens with zero attached hydrogens (tertiary/aromatic N) is 1. The normalized spacial score (nSPS) is 13.4. The van der Waals surface area contributed by atoms with Gasteiger partial charge in [-0.1, -0.05) is 44.2 Å². The third kappa shape index (κ3) is 4.77. The molecule has 0 aliphatic heterocycles. The average molecular weight is 221 g/mol. The van der Waals surface area contributed by atoms with Gasteiger partial charge < -0.3 is 10.0 Å². The monoisotopic (exact) mass is 221 g/mol. The molecule has 1 unspecified atom stereocenters. The highest BCUT2D eigenvalue weighted by atomic mass is 16.3. The Hall–Kier alpha value is -0.860. The van der Waals surface area contributed by atoms with Gasteiger partial charge >= 0.3 is 0 Å². The number of hydrogen-bond acceptors (Lipinski definition) is 2. The van der Waals surface area contributed by atoms with E-state index < -0.39 is 0 Å². The molecule has 2 heteroatoms. The molecule has 2 nitrogen and oxygen atoms in total. The maximum atomic E-state index is 10.0. The smallest absolute Gasteiger partial charge is 0.0916 e. The first kappa shape index (κ1) is 13.2. The molecule has 0 aromatic heterocycles. The molecule has 1 atom stereocenters. The number of aliphatic hydroxyl groups is 1. The third-order valence-electron chi connectivity index (χ3n) is 2.76. The van der Waals surface area contributed by atoms with Crippen molar-refractivity contribution in [2.75, 3.05) is 20.1 Å². The number of likely N-dealkylation sites (N-methyl/N-ethyl adjacent to an activating group) is 1. The number of hydrogen-bond donors (Lipinski definition) is 1. The van der Waals surface area contributed by atoms with Crippen LogP contribution in [0.3, 0.4) is 0 Å². The van der Waals surface area contributed by atoms with E-state index in [4.69, 9.17) is 0 Å². The van der Waals surface area contributed by atoms with E-state index in [1.165, 1.54) is 6.42 Å². The molecular weight excluding hydrogens is 198 g/mol. The average Bonchev–Trinajstić information content (AvgIpc) is 2.27. The van der Waals surface area contributed by atoms with Crippen molar-refractivity contribution in [2.45, 2.75) is 26.4 Å². The van der Waals surface area contributed by atoms with Crippen LogP contribution in [0.4, 0.5) is 0 Å². The molecule has 0 aliphatic rings. The summed E-state index contributed by atoms with van der Waals surface area (Å²) in [6.45, 7) is 6.20. The van der Waals surface area contributed by atoms with Gasteiger partial charge in [0.05, 0.1) is 6.10 Å². The van der Waals surface area contributed by atoms with Crippen molar-refractivity contribution in [1.29, 1.82) is 0 Å². The predicted octanol–water partition coefficient (Wildman–Crippen LogP) is 2.70. The zero-order valence-electron chi connectivity index (χ0n) is 10.6. The number of aliphatic hydroxyl groups excluding tert-OH is 1. The lowest BCUT2D eigenvalue weighted by Crippen LogP contribution is -2.26. The topological polar surface area (TPSA) is 23.5 Å². The molecule has 1 aromatic rings. The Morgan fingerprint density at radius 2 is 1.81 bits per heavy atom. The SMILES string of the molecule is CC(C)CCN(C)CC(O)c1ccccc1. The van der Waals surface area contributed by atoms with Crippen molar-refractivity contribution in [3.05, 3.63) is 35.9 Å².